The van der Waals surface area contributed by atoms with Crippen molar-refractivity contribution in [3.8, 4) is 0 Å². The number of aromatic nitrogens is 2. The van der Waals surface area contributed by atoms with E-state index in [1.54, 1.807) is 0 Å². The van der Waals surface area contributed by atoms with Crippen molar-refractivity contribution >= 4 is 0 Å². The van der Waals surface area contributed by atoms with Gasteiger partial charge >= 0.3 is 5.69 Å². The number of nitrogens with zero attached hydrogens (tertiary/aromatic N) is 2. The highest BCUT2D eigenvalue weighted by Crippen LogP contribution is 2.02. The topological polar surface area (TPSA) is 90.2 Å². The Labute approximate surface area is 80.2 Å². The standard InChI is InChI=1S/C8H13N3O3/c1-10-6(5(9)4-12)3-7(13)11(2)8(10)14/h3,5,12H,4,9H2,1-2H3. The highest BCUT2D eigenvalue weighted by atomic mass is 16.3. The van der Waals surface area contributed by atoms with Gasteiger partial charge in [0.1, 0.15) is 0 Å². The predicted octanol–water partition coefficient (Wildman–Crippen LogP) is -1.92. The van der Waals surface area contributed by atoms with Crippen LogP contribution in [0, 0.1) is 0 Å². The Morgan fingerprint density at radius 2 is 2.00 bits per heavy atom. The first kappa shape index (κ1) is 10.7. The molecule has 6 nitrogen and oxygen atoms in total. The molecule has 1 atom stereocenters. The third kappa shape index (κ3) is 1.61. The van der Waals surface area contributed by atoms with E-state index in [1.165, 1.54) is 24.7 Å². The van der Waals surface area contributed by atoms with Crippen LogP contribution in [0.3, 0.4) is 0 Å². The smallest absolute Gasteiger partial charge is 0.330 e. The molecule has 0 saturated heterocycles. The Morgan fingerprint density at radius 1 is 1.43 bits per heavy atom. The molecule has 0 bridgehead atoms. The van der Waals surface area contributed by atoms with Crippen molar-refractivity contribution in [2.75, 3.05) is 6.61 Å². The zero-order chi connectivity index (χ0) is 10.9. The first-order valence-electron chi connectivity index (χ1n) is 4.12. The fourth-order valence-electron chi connectivity index (χ4n) is 1.20. The number of rotatable bonds is 2. The normalized spacial score (nSPS) is 12.9. The third-order valence-corrected chi connectivity index (χ3v) is 2.14. The van der Waals surface area contributed by atoms with Gasteiger partial charge in [0.2, 0.25) is 0 Å². The summed E-state index contributed by atoms with van der Waals surface area (Å²) in [5, 5.41) is 8.81. The van der Waals surface area contributed by atoms with Crippen LogP contribution < -0.4 is 17.0 Å². The third-order valence-electron chi connectivity index (χ3n) is 2.14. The van der Waals surface area contributed by atoms with Crippen LogP contribution in [0.4, 0.5) is 0 Å². The molecule has 0 saturated carbocycles. The second-order valence-corrected chi connectivity index (χ2v) is 3.10. The number of aliphatic hydroxyl groups excluding tert-OH is 1. The first-order valence-corrected chi connectivity index (χ1v) is 4.12. The molecule has 0 aliphatic heterocycles. The van der Waals surface area contributed by atoms with Gasteiger partial charge in [0, 0.05) is 25.9 Å². The fraction of sp³-hybridized carbons (Fsp3) is 0.500. The van der Waals surface area contributed by atoms with E-state index in [4.69, 9.17) is 10.8 Å². The molecule has 0 aliphatic carbocycles. The second kappa shape index (κ2) is 3.77. The average molecular weight is 199 g/mol. The van der Waals surface area contributed by atoms with Gasteiger partial charge in [-0.25, -0.2) is 4.79 Å². The van der Waals surface area contributed by atoms with Gasteiger partial charge in [0.05, 0.1) is 12.6 Å². The molecule has 1 rings (SSSR count). The molecule has 1 unspecified atom stereocenters. The molecule has 0 aliphatic rings. The summed E-state index contributed by atoms with van der Waals surface area (Å²) in [6, 6.07) is 0.545. The predicted molar refractivity (Wildman–Crippen MR) is 50.9 cm³/mol. The molecule has 3 N–H and O–H groups in total. The lowest BCUT2D eigenvalue weighted by atomic mass is 10.2. The van der Waals surface area contributed by atoms with Gasteiger partial charge in [0.15, 0.2) is 0 Å². The average Bonchev–Trinajstić information content (AvgIpc) is 2.19. The maximum absolute atomic E-state index is 11.4. The summed E-state index contributed by atoms with van der Waals surface area (Å²) in [7, 11) is 2.89. The lowest BCUT2D eigenvalue weighted by molar-refractivity contribution is 0.262. The van der Waals surface area contributed by atoms with E-state index in [1.807, 2.05) is 0 Å². The van der Waals surface area contributed by atoms with Crippen molar-refractivity contribution in [3.05, 3.63) is 32.6 Å². The summed E-state index contributed by atoms with van der Waals surface area (Å²) in [5.41, 5.74) is 4.99. The first-order chi connectivity index (χ1) is 6.49. The molecule has 0 spiro atoms. The van der Waals surface area contributed by atoms with Crippen LogP contribution in [-0.4, -0.2) is 20.8 Å². The van der Waals surface area contributed by atoms with Crippen LogP contribution in [0.25, 0.3) is 0 Å². The van der Waals surface area contributed by atoms with E-state index in [0.717, 1.165) is 4.57 Å². The van der Waals surface area contributed by atoms with Gasteiger partial charge in [-0.05, 0) is 0 Å². The van der Waals surface area contributed by atoms with Crippen molar-refractivity contribution in [1.29, 1.82) is 0 Å². The number of hydrogen-bond acceptors (Lipinski definition) is 4. The van der Waals surface area contributed by atoms with Crippen LogP contribution in [-0.2, 0) is 14.1 Å². The molecule has 14 heavy (non-hydrogen) atoms. The van der Waals surface area contributed by atoms with Gasteiger partial charge in [-0.15, -0.1) is 0 Å². The number of aliphatic hydroxyl groups is 1. The molecule has 0 aromatic carbocycles. The molecule has 78 valence electrons. The van der Waals surface area contributed by atoms with E-state index in [9.17, 15) is 9.59 Å². The summed E-state index contributed by atoms with van der Waals surface area (Å²) in [5.74, 6) is 0. The quantitative estimate of drug-likeness (QED) is 0.580. The minimum absolute atomic E-state index is 0.305. The summed E-state index contributed by atoms with van der Waals surface area (Å²) in [6.45, 7) is -0.305. The minimum Gasteiger partial charge on any atom is -0.394 e. The molecule has 0 amide bonds. The van der Waals surface area contributed by atoms with Gasteiger partial charge < -0.3 is 10.8 Å². The molecule has 0 fully saturated rings. The van der Waals surface area contributed by atoms with E-state index in [2.05, 4.69) is 0 Å². The fourth-order valence-corrected chi connectivity index (χ4v) is 1.20. The highest BCUT2D eigenvalue weighted by molar-refractivity contribution is 5.07. The highest BCUT2D eigenvalue weighted by Gasteiger charge is 2.11. The Hall–Kier alpha value is -1.40. The summed E-state index contributed by atoms with van der Waals surface area (Å²) in [4.78, 5) is 22.7. The van der Waals surface area contributed by atoms with Gasteiger partial charge in [0.25, 0.3) is 5.56 Å². The van der Waals surface area contributed by atoms with E-state index in [0.29, 0.717) is 5.69 Å². The van der Waals surface area contributed by atoms with E-state index in [-0.39, 0.29) is 6.61 Å². The Kier molecular flexibility index (Phi) is 2.87. The maximum atomic E-state index is 11.4. The van der Waals surface area contributed by atoms with Crippen molar-refractivity contribution in [1.82, 2.24) is 9.13 Å². The summed E-state index contributed by atoms with van der Waals surface area (Å²) in [6.07, 6.45) is 0. The molecular weight excluding hydrogens is 186 g/mol. The van der Waals surface area contributed by atoms with Gasteiger partial charge in [-0.1, -0.05) is 0 Å². The van der Waals surface area contributed by atoms with E-state index >= 15 is 0 Å². The monoisotopic (exact) mass is 199 g/mol. The van der Waals surface area contributed by atoms with Crippen LogP contribution in [0.15, 0.2) is 15.7 Å². The second-order valence-electron chi connectivity index (χ2n) is 3.10. The Balaban J connectivity index is 3.49. The van der Waals surface area contributed by atoms with Crippen LogP contribution in [0.2, 0.25) is 0 Å². The molecule has 0 radical (unpaired) electrons. The lowest BCUT2D eigenvalue weighted by Gasteiger charge is -2.13. The Morgan fingerprint density at radius 3 is 2.50 bits per heavy atom. The molecule has 1 aromatic heterocycles. The van der Waals surface area contributed by atoms with E-state index < -0.39 is 17.3 Å². The molecule has 6 heteroatoms. The van der Waals surface area contributed by atoms with Crippen molar-refractivity contribution in [2.45, 2.75) is 6.04 Å². The number of hydrogen-bond donors (Lipinski definition) is 2. The van der Waals surface area contributed by atoms with Crippen molar-refractivity contribution < 1.29 is 5.11 Å². The van der Waals surface area contributed by atoms with Crippen LogP contribution >= 0.6 is 0 Å². The largest absolute Gasteiger partial charge is 0.394 e. The zero-order valence-corrected chi connectivity index (χ0v) is 8.10. The molecule has 1 heterocycles. The minimum atomic E-state index is -0.707. The Bertz CT molecular complexity index is 446. The zero-order valence-electron chi connectivity index (χ0n) is 8.10. The van der Waals surface area contributed by atoms with Gasteiger partial charge in [-0.3, -0.25) is 13.9 Å². The SMILES string of the molecule is Cn1c(C(N)CO)cc(=O)n(C)c1=O. The summed E-state index contributed by atoms with van der Waals surface area (Å²) < 4.78 is 2.23. The van der Waals surface area contributed by atoms with Crippen LogP contribution in [0.5, 0.6) is 0 Å². The summed E-state index contributed by atoms with van der Waals surface area (Å²) >= 11 is 0. The lowest BCUT2D eigenvalue weighted by Crippen LogP contribution is -2.40. The maximum Gasteiger partial charge on any atom is 0.330 e. The van der Waals surface area contributed by atoms with Gasteiger partial charge in [-0.2, -0.15) is 0 Å². The number of nitrogens with two attached hydrogens (primary N) is 1. The molecule has 1 aromatic rings. The van der Waals surface area contributed by atoms with Crippen molar-refractivity contribution in [2.24, 2.45) is 19.8 Å². The van der Waals surface area contributed by atoms with Crippen LogP contribution in [0.1, 0.15) is 11.7 Å². The molecular formula is C8H13N3O3. The van der Waals surface area contributed by atoms with Crippen molar-refractivity contribution in [3.63, 3.8) is 0 Å².